The summed E-state index contributed by atoms with van der Waals surface area (Å²) in [5, 5.41) is 3.02. The molecule has 2 aliphatic rings. The maximum atomic E-state index is 15.0. The number of aromatic nitrogens is 5. The Morgan fingerprint density at radius 3 is 2.55 bits per heavy atom. The van der Waals surface area contributed by atoms with E-state index in [1.807, 2.05) is 4.57 Å². The number of nitrogens with zero attached hydrogens (tertiary/aromatic N) is 5. The molecule has 208 valence electrons. The molecule has 2 unspecified atom stereocenters. The lowest BCUT2D eigenvalue weighted by molar-refractivity contribution is 0.120. The van der Waals surface area contributed by atoms with Crippen LogP contribution in [0.1, 0.15) is 68.8 Å². The molecule has 1 aliphatic heterocycles. The smallest absolute Gasteiger partial charge is 0.351 e. The zero-order valence-electron chi connectivity index (χ0n) is 22.0. The molecule has 12 heteroatoms. The second kappa shape index (κ2) is 10.7. The van der Waals surface area contributed by atoms with Crippen molar-refractivity contribution < 1.29 is 18.4 Å². The van der Waals surface area contributed by atoms with Gasteiger partial charge in [0.25, 0.3) is 0 Å². The lowest BCUT2D eigenvalue weighted by Gasteiger charge is -2.28. The van der Waals surface area contributed by atoms with E-state index in [2.05, 4.69) is 27.7 Å². The molecule has 3 aromatic heterocycles. The maximum absolute atomic E-state index is 15.0. The van der Waals surface area contributed by atoms with E-state index in [1.165, 1.54) is 24.4 Å². The van der Waals surface area contributed by atoms with Gasteiger partial charge in [0.15, 0.2) is 17.6 Å². The van der Waals surface area contributed by atoms with Crippen LogP contribution in [0.5, 0.6) is 0 Å². The average Bonchev–Trinajstić information content (AvgIpc) is 3.53. The van der Waals surface area contributed by atoms with Gasteiger partial charge in [0.2, 0.25) is 0 Å². The van der Waals surface area contributed by atoms with E-state index in [-0.39, 0.29) is 11.4 Å². The number of halogens is 3. The molecule has 1 saturated carbocycles. The quantitative estimate of drug-likeness (QED) is 0.292. The van der Waals surface area contributed by atoms with Gasteiger partial charge in [0.05, 0.1) is 5.02 Å². The van der Waals surface area contributed by atoms with Crippen molar-refractivity contribution in [1.82, 2.24) is 35.3 Å². The Bertz CT molecular complexity index is 1570. The predicted molar refractivity (Wildman–Crippen MR) is 144 cm³/mol. The fourth-order valence-electron chi connectivity index (χ4n) is 5.69. The largest absolute Gasteiger partial charge is 0.427 e. The standard InChI is InChI=1S/C28H28ClF2N7O2/c1-14-6-8-16(9-7-14)13-38-23-22(17-10-18(29)12-32-11-17)33-25(26-36-28(39)40-37-26)34-24(23)35-27(38)15(2)21-19(30)4-3-5-20(21)31/h3-5,10-12,14-16,26,37H,6-9,13H2,1-2H3,(H,36,39). The van der Waals surface area contributed by atoms with Gasteiger partial charge in [-0.2, -0.15) is 0 Å². The number of imidazole rings is 1. The molecule has 0 bridgehead atoms. The van der Waals surface area contributed by atoms with Crippen molar-refractivity contribution in [2.45, 2.75) is 58.2 Å². The minimum absolute atomic E-state index is 0.0615. The second-order valence-corrected chi connectivity index (χ2v) is 11.1. The van der Waals surface area contributed by atoms with Gasteiger partial charge in [-0.05, 0) is 42.9 Å². The van der Waals surface area contributed by atoms with Crippen LogP contribution in [0.25, 0.3) is 22.4 Å². The van der Waals surface area contributed by atoms with Gasteiger partial charge in [0.1, 0.15) is 28.7 Å². The van der Waals surface area contributed by atoms with Crippen LogP contribution >= 0.6 is 11.6 Å². The fraction of sp³-hybridized carbons (Fsp3) is 0.393. The van der Waals surface area contributed by atoms with Gasteiger partial charge in [-0.1, -0.05) is 44.4 Å². The van der Waals surface area contributed by atoms with Crippen LogP contribution in [0.4, 0.5) is 13.6 Å². The van der Waals surface area contributed by atoms with Gasteiger partial charge in [0, 0.05) is 36.0 Å². The van der Waals surface area contributed by atoms with E-state index in [0.29, 0.717) is 51.6 Å². The Kier molecular flexibility index (Phi) is 7.09. The Hall–Kier alpha value is -3.70. The molecule has 1 aromatic carbocycles. The molecular weight excluding hydrogens is 540 g/mol. The third kappa shape index (κ3) is 4.99. The van der Waals surface area contributed by atoms with E-state index in [0.717, 1.165) is 25.7 Å². The number of hydroxylamine groups is 1. The Balaban J connectivity index is 1.58. The lowest BCUT2D eigenvalue weighted by atomic mass is 9.83. The van der Waals surface area contributed by atoms with E-state index in [1.54, 1.807) is 19.2 Å². The summed E-state index contributed by atoms with van der Waals surface area (Å²) in [4.78, 5) is 35.1. The molecule has 6 rings (SSSR count). The second-order valence-electron chi connectivity index (χ2n) is 10.6. The summed E-state index contributed by atoms with van der Waals surface area (Å²) in [6, 6.07) is 5.58. The average molecular weight is 568 g/mol. The summed E-state index contributed by atoms with van der Waals surface area (Å²) in [6.07, 6.45) is 5.96. The van der Waals surface area contributed by atoms with Crippen LogP contribution in [0.2, 0.25) is 5.02 Å². The van der Waals surface area contributed by atoms with Crippen molar-refractivity contribution in [3.63, 3.8) is 0 Å². The van der Waals surface area contributed by atoms with Gasteiger partial charge in [-0.3, -0.25) is 10.3 Å². The normalized spacial score (nSPS) is 21.8. The summed E-state index contributed by atoms with van der Waals surface area (Å²) >= 11 is 6.31. The third-order valence-corrected chi connectivity index (χ3v) is 8.02. The zero-order valence-corrected chi connectivity index (χ0v) is 22.8. The highest BCUT2D eigenvalue weighted by molar-refractivity contribution is 6.30. The highest BCUT2D eigenvalue weighted by Crippen LogP contribution is 2.37. The number of carbonyl (C=O) groups is 1. The highest BCUT2D eigenvalue weighted by Gasteiger charge is 2.32. The van der Waals surface area contributed by atoms with E-state index >= 15 is 0 Å². The van der Waals surface area contributed by atoms with Crippen LogP contribution in [0.3, 0.4) is 0 Å². The Morgan fingerprint density at radius 1 is 1.12 bits per heavy atom. The number of carbonyl (C=O) groups excluding carboxylic acids is 1. The molecule has 4 heterocycles. The number of hydrogen-bond donors (Lipinski definition) is 2. The summed E-state index contributed by atoms with van der Waals surface area (Å²) in [6.45, 7) is 4.59. The highest BCUT2D eigenvalue weighted by atomic mass is 35.5. The molecule has 0 radical (unpaired) electrons. The number of benzene rings is 1. The van der Waals surface area contributed by atoms with Crippen molar-refractivity contribution in [2.75, 3.05) is 0 Å². The first-order valence-corrected chi connectivity index (χ1v) is 13.7. The van der Waals surface area contributed by atoms with Crippen LogP contribution in [-0.2, 0) is 11.4 Å². The molecule has 40 heavy (non-hydrogen) atoms. The van der Waals surface area contributed by atoms with Gasteiger partial charge in [-0.25, -0.2) is 28.5 Å². The number of amides is 1. The summed E-state index contributed by atoms with van der Waals surface area (Å²) in [5.41, 5.74) is 4.54. The van der Waals surface area contributed by atoms with Crippen molar-refractivity contribution in [2.24, 2.45) is 11.8 Å². The minimum atomic E-state index is -0.822. The molecule has 1 aliphatic carbocycles. The van der Waals surface area contributed by atoms with E-state index < -0.39 is 29.8 Å². The molecule has 2 N–H and O–H groups in total. The predicted octanol–water partition coefficient (Wildman–Crippen LogP) is 6.04. The number of pyridine rings is 1. The molecular formula is C28H28ClF2N7O2. The molecule has 2 fully saturated rings. The Morgan fingerprint density at radius 2 is 1.88 bits per heavy atom. The van der Waals surface area contributed by atoms with E-state index in [9.17, 15) is 13.6 Å². The van der Waals surface area contributed by atoms with Gasteiger partial charge < -0.3 is 9.40 Å². The summed E-state index contributed by atoms with van der Waals surface area (Å²) in [7, 11) is 0. The van der Waals surface area contributed by atoms with Crippen LogP contribution in [0.15, 0.2) is 36.7 Å². The Labute approximate surface area is 234 Å². The van der Waals surface area contributed by atoms with Gasteiger partial charge in [-0.15, -0.1) is 5.48 Å². The van der Waals surface area contributed by atoms with Crippen molar-refractivity contribution >= 4 is 28.9 Å². The number of fused-ring (bicyclic) bond motifs is 1. The van der Waals surface area contributed by atoms with Crippen molar-refractivity contribution in [3.05, 3.63) is 70.5 Å². The van der Waals surface area contributed by atoms with Crippen LogP contribution < -0.4 is 10.8 Å². The first-order chi connectivity index (χ1) is 19.3. The first kappa shape index (κ1) is 26.5. The fourth-order valence-corrected chi connectivity index (χ4v) is 5.86. The van der Waals surface area contributed by atoms with Crippen LogP contribution in [0, 0.1) is 23.5 Å². The molecule has 9 nitrogen and oxygen atoms in total. The maximum Gasteiger partial charge on any atom is 0.427 e. The molecule has 4 aromatic rings. The number of hydrogen-bond acceptors (Lipinski definition) is 7. The molecule has 0 spiro atoms. The summed E-state index contributed by atoms with van der Waals surface area (Å²) < 4.78 is 32.0. The first-order valence-electron chi connectivity index (χ1n) is 13.3. The van der Waals surface area contributed by atoms with Gasteiger partial charge >= 0.3 is 6.09 Å². The van der Waals surface area contributed by atoms with Crippen molar-refractivity contribution in [1.29, 1.82) is 0 Å². The monoisotopic (exact) mass is 567 g/mol. The molecule has 1 amide bonds. The third-order valence-electron chi connectivity index (χ3n) is 7.81. The summed E-state index contributed by atoms with van der Waals surface area (Å²) in [5.74, 6) is -0.311. The van der Waals surface area contributed by atoms with E-state index in [4.69, 9.17) is 26.4 Å². The number of rotatable bonds is 6. The van der Waals surface area contributed by atoms with Crippen LogP contribution in [-0.4, -0.2) is 30.6 Å². The number of nitrogens with one attached hydrogen (secondary N) is 2. The van der Waals surface area contributed by atoms with Crippen molar-refractivity contribution in [3.8, 4) is 11.3 Å². The SMILES string of the molecule is CC1CCC(Cn2c(C(C)c3c(F)cccc3F)nc3nc(C4NOC(=O)N4)nc(-c4cncc(Cl)c4)c32)CC1. The zero-order chi connectivity index (χ0) is 28.0. The lowest BCUT2D eigenvalue weighted by Crippen LogP contribution is -2.25. The molecule has 1 saturated heterocycles. The molecule has 2 atom stereocenters. The minimum Gasteiger partial charge on any atom is -0.351 e. The topological polar surface area (TPSA) is 107 Å².